The molecule has 1 aliphatic carbocycles. The summed E-state index contributed by atoms with van der Waals surface area (Å²) in [7, 11) is 0. The summed E-state index contributed by atoms with van der Waals surface area (Å²) in [5.74, 6) is 0.921. The first-order valence-corrected chi connectivity index (χ1v) is 13.8. The topological polar surface area (TPSA) is 127 Å². The van der Waals surface area contributed by atoms with Gasteiger partial charge in [0, 0.05) is 29.4 Å². The van der Waals surface area contributed by atoms with Gasteiger partial charge < -0.3 is 14.8 Å². The van der Waals surface area contributed by atoms with Gasteiger partial charge in [-0.2, -0.15) is 10.1 Å². The number of carbonyl (C=O) groups is 1. The summed E-state index contributed by atoms with van der Waals surface area (Å²) < 4.78 is 7.20. The lowest BCUT2D eigenvalue weighted by atomic mass is 9.94. The van der Waals surface area contributed by atoms with Crippen molar-refractivity contribution in [2.24, 2.45) is 0 Å². The number of amides is 1. The fourth-order valence-electron chi connectivity index (χ4n) is 5.17. The average molecular weight is 539 g/mol. The van der Waals surface area contributed by atoms with E-state index in [-0.39, 0.29) is 29.3 Å². The number of hydrogen-bond donors (Lipinski definition) is 2. The largest absolute Gasteiger partial charge is 0.341 e. The molecule has 1 atom stereocenters. The van der Waals surface area contributed by atoms with Crippen molar-refractivity contribution in [1.29, 1.82) is 0 Å². The fraction of sp³-hybridized carbons (Fsp3) is 0.400. The highest BCUT2D eigenvalue weighted by atomic mass is 16.5. The summed E-state index contributed by atoms with van der Waals surface area (Å²) in [6, 6.07) is 8.63. The summed E-state index contributed by atoms with van der Waals surface area (Å²) in [5.41, 5.74) is 6.65. The van der Waals surface area contributed by atoms with Crippen LogP contribution in [0.25, 0.3) is 33.7 Å². The van der Waals surface area contributed by atoms with Crippen LogP contribution in [-0.4, -0.2) is 40.8 Å². The number of rotatable bonds is 5. The number of aromatic nitrogens is 7. The Balaban J connectivity index is 1.30. The van der Waals surface area contributed by atoms with Crippen molar-refractivity contribution in [2.75, 3.05) is 0 Å². The van der Waals surface area contributed by atoms with Crippen molar-refractivity contribution in [3.05, 3.63) is 65.7 Å². The molecule has 0 bridgehead atoms. The third-order valence-electron chi connectivity index (χ3n) is 7.41. The van der Waals surface area contributed by atoms with E-state index < -0.39 is 0 Å². The highest BCUT2D eigenvalue weighted by molar-refractivity contribution is 5.92. The average Bonchev–Trinajstić information content (AvgIpc) is 3.67. The Bertz CT molecular complexity index is 1690. The molecule has 1 aliphatic rings. The first-order chi connectivity index (χ1) is 19.2. The Labute approximate surface area is 232 Å². The second kappa shape index (κ2) is 10.0. The molecule has 1 aromatic carbocycles. The Morgan fingerprint density at radius 1 is 1.15 bits per heavy atom. The maximum absolute atomic E-state index is 13.0. The van der Waals surface area contributed by atoms with Gasteiger partial charge in [-0.05, 0) is 55.9 Å². The highest BCUT2D eigenvalue weighted by Gasteiger charge is 2.27. The van der Waals surface area contributed by atoms with E-state index in [2.05, 4.69) is 62.6 Å². The summed E-state index contributed by atoms with van der Waals surface area (Å²) in [6.07, 6.45) is 9.48. The van der Waals surface area contributed by atoms with Gasteiger partial charge in [0.15, 0.2) is 11.5 Å². The molecule has 0 saturated carbocycles. The van der Waals surface area contributed by atoms with Gasteiger partial charge in [0.2, 0.25) is 0 Å². The monoisotopic (exact) mass is 538 g/mol. The molecule has 4 aromatic heterocycles. The van der Waals surface area contributed by atoms with Gasteiger partial charge in [-0.25, -0.2) is 9.97 Å². The van der Waals surface area contributed by atoms with Crippen molar-refractivity contribution in [3.8, 4) is 22.5 Å². The molecule has 1 amide bonds. The van der Waals surface area contributed by atoms with Crippen molar-refractivity contribution in [3.63, 3.8) is 0 Å². The lowest BCUT2D eigenvalue weighted by Crippen LogP contribution is -2.29. The van der Waals surface area contributed by atoms with Gasteiger partial charge in [-0.3, -0.25) is 9.48 Å². The maximum atomic E-state index is 13.0. The zero-order valence-corrected chi connectivity index (χ0v) is 23.5. The lowest BCUT2D eigenvalue weighted by Gasteiger charge is -2.19. The standard InChI is InChI=1S/C30H34N8O2/c1-17(2)38-16-20(15-32-38)25-34-24-22(12-13-31-26(24)35-25)19-10-11-21-18(14-19)8-6-7-9-23(21)33-27(39)28-36-29(37-40-28)30(3,4)5/h10-17,23H,6-9H2,1-5H3,(H,33,39)(H,31,34,35)/t23-/m0/s1. The quantitative estimate of drug-likeness (QED) is 0.265. The van der Waals surface area contributed by atoms with Crippen molar-refractivity contribution in [2.45, 2.75) is 77.8 Å². The van der Waals surface area contributed by atoms with E-state index in [0.29, 0.717) is 11.5 Å². The van der Waals surface area contributed by atoms with Gasteiger partial charge in [-0.15, -0.1) is 0 Å². The number of pyridine rings is 1. The number of fused-ring (bicyclic) bond motifs is 2. The minimum Gasteiger partial charge on any atom is -0.341 e. The molecule has 0 saturated heterocycles. The molecular weight excluding hydrogens is 504 g/mol. The summed E-state index contributed by atoms with van der Waals surface area (Å²) in [6.45, 7) is 10.1. The van der Waals surface area contributed by atoms with Crippen LogP contribution in [0.15, 0.2) is 47.4 Å². The minimum absolute atomic E-state index is 0.000469. The second-order valence-corrected chi connectivity index (χ2v) is 11.8. The predicted octanol–water partition coefficient (Wildman–Crippen LogP) is 5.95. The van der Waals surface area contributed by atoms with E-state index in [0.717, 1.165) is 59.3 Å². The number of nitrogens with one attached hydrogen (secondary N) is 2. The van der Waals surface area contributed by atoms with Crippen LogP contribution in [0.3, 0.4) is 0 Å². The Morgan fingerprint density at radius 3 is 2.75 bits per heavy atom. The summed E-state index contributed by atoms with van der Waals surface area (Å²) in [5, 5.41) is 11.6. The van der Waals surface area contributed by atoms with Crippen LogP contribution < -0.4 is 5.32 Å². The Kier molecular flexibility index (Phi) is 6.48. The van der Waals surface area contributed by atoms with E-state index in [4.69, 9.17) is 9.51 Å². The minimum atomic E-state index is -0.341. The van der Waals surface area contributed by atoms with Gasteiger partial charge in [0.1, 0.15) is 5.82 Å². The fourth-order valence-corrected chi connectivity index (χ4v) is 5.17. The molecule has 0 spiro atoms. The number of aryl methyl sites for hydroxylation is 1. The molecule has 4 heterocycles. The van der Waals surface area contributed by atoms with Gasteiger partial charge in [0.25, 0.3) is 0 Å². The van der Waals surface area contributed by atoms with Gasteiger partial charge in [-0.1, -0.05) is 50.5 Å². The van der Waals surface area contributed by atoms with Gasteiger partial charge in [0.05, 0.1) is 23.3 Å². The first kappa shape index (κ1) is 25.9. The molecule has 5 aromatic rings. The van der Waals surface area contributed by atoms with E-state index in [1.807, 2.05) is 43.9 Å². The molecule has 10 nitrogen and oxygen atoms in total. The third-order valence-corrected chi connectivity index (χ3v) is 7.41. The molecule has 0 radical (unpaired) electrons. The summed E-state index contributed by atoms with van der Waals surface area (Å²) >= 11 is 0. The molecule has 0 fully saturated rings. The molecule has 10 heteroatoms. The first-order valence-electron chi connectivity index (χ1n) is 13.8. The number of carbonyl (C=O) groups excluding carboxylic acids is 1. The van der Waals surface area contributed by atoms with Gasteiger partial charge >= 0.3 is 11.8 Å². The van der Waals surface area contributed by atoms with Crippen molar-refractivity contribution < 1.29 is 9.32 Å². The molecule has 6 rings (SSSR count). The molecule has 40 heavy (non-hydrogen) atoms. The van der Waals surface area contributed by atoms with Crippen LogP contribution in [0.5, 0.6) is 0 Å². The maximum Gasteiger partial charge on any atom is 0.315 e. The number of imidazole rings is 1. The molecule has 0 unspecified atom stereocenters. The summed E-state index contributed by atoms with van der Waals surface area (Å²) in [4.78, 5) is 30.1. The SMILES string of the molecule is CC(C)n1cc(-c2nc3nccc(-c4ccc5c(c4)CCCC[C@@H]5NC(=O)c4nc(C(C)(C)C)no4)c3[nH]2)cn1. The smallest absolute Gasteiger partial charge is 0.315 e. The number of nitrogens with zero attached hydrogens (tertiary/aromatic N) is 6. The van der Waals surface area contributed by atoms with E-state index in [9.17, 15) is 4.79 Å². The highest BCUT2D eigenvalue weighted by Crippen LogP contribution is 2.35. The van der Waals surface area contributed by atoms with Crippen LogP contribution in [0, 0.1) is 0 Å². The van der Waals surface area contributed by atoms with E-state index >= 15 is 0 Å². The number of H-pyrrole nitrogens is 1. The van der Waals surface area contributed by atoms with Crippen molar-refractivity contribution in [1.82, 2.24) is 40.2 Å². The zero-order chi connectivity index (χ0) is 28.0. The van der Waals surface area contributed by atoms with E-state index in [1.165, 1.54) is 5.56 Å². The lowest BCUT2D eigenvalue weighted by molar-refractivity contribution is 0.0890. The van der Waals surface area contributed by atoms with Crippen molar-refractivity contribution >= 4 is 17.1 Å². The number of benzene rings is 1. The Morgan fingerprint density at radius 2 is 2.00 bits per heavy atom. The van der Waals surface area contributed by atoms with E-state index in [1.54, 1.807) is 6.20 Å². The molecule has 206 valence electrons. The van der Waals surface area contributed by atoms with Crippen LogP contribution in [-0.2, 0) is 11.8 Å². The number of hydrogen-bond acceptors (Lipinski definition) is 7. The van der Waals surface area contributed by atoms with Crippen LogP contribution >= 0.6 is 0 Å². The van der Waals surface area contributed by atoms with Crippen LogP contribution in [0.1, 0.15) is 93.6 Å². The number of aromatic amines is 1. The second-order valence-electron chi connectivity index (χ2n) is 11.8. The molecule has 0 aliphatic heterocycles. The third kappa shape index (κ3) is 4.89. The zero-order valence-electron chi connectivity index (χ0n) is 23.5. The molecular formula is C30H34N8O2. The van der Waals surface area contributed by atoms with Crippen LogP contribution in [0.4, 0.5) is 0 Å². The normalized spacial score (nSPS) is 15.8. The predicted molar refractivity (Wildman–Crippen MR) is 152 cm³/mol. The Hall–Kier alpha value is -4.34. The molecule has 2 N–H and O–H groups in total. The van der Waals surface area contributed by atoms with Crippen LogP contribution in [0.2, 0.25) is 0 Å².